The first kappa shape index (κ1) is 9.79. The van der Waals surface area contributed by atoms with E-state index in [0.29, 0.717) is 5.17 Å². The minimum absolute atomic E-state index is 0.109. The van der Waals surface area contributed by atoms with Crippen LogP contribution in [-0.4, -0.2) is 11.2 Å². The Hall–Kier alpha value is -1.41. The normalized spacial score (nSPS) is 26.6. The minimum Gasteiger partial charge on any atom is -0.264 e. The summed E-state index contributed by atoms with van der Waals surface area (Å²) in [4.78, 5) is 4.31. The van der Waals surface area contributed by atoms with Crippen LogP contribution in [-0.2, 0) is 0 Å². The lowest BCUT2D eigenvalue weighted by molar-refractivity contribution is 0.613. The van der Waals surface area contributed by atoms with Crippen molar-refractivity contribution in [3.05, 3.63) is 59.4 Å². The molecule has 0 radical (unpaired) electrons. The summed E-state index contributed by atoms with van der Waals surface area (Å²) in [6.07, 6.45) is 4.86. The molecule has 2 unspecified atom stereocenters. The summed E-state index contributed by atoms with van der Waals surface area (Å²) in [5.74, 6) is -0.132. The molecule has 0 saturated carbocycles. The van der Waals surface area contributed by atoms with Crippen molar-refractivity contribution in [2.24, 2.45) is 4.99 Å². The fourth-order valence-corrected chi connectivity index (χ4v) is 2.50. The van der Waals surface area contributed by atoms with E-state index in [4.69, 9.17) is 11.6 Å². The third kappa shape index (κ3) is 1.41. The van der Waals surface area contributed by atoms with E-state index < -0.39 is 0 Å². The van der Waals surface area contributed by atoms with E-state index in [9.17, 15) is 4.39 Å². The van der Waals surface area contributed by atoms with Gasteiger partial charge in [-0.1, -0.05) is 41.9 Å². The van der Waals surface area contributed by atoms with Crippen LogP contribution in [0, 0.1) is 0 Å². The molecule has 1 heterocycles. The Morgan fingerprint density at radius 1 is 1.25 bits per heavy atom. The number of hydrogen-bond acceptors (Lipinski definition) is 1. The van der Waals surface area contributed by atoms with E-state index in [1.54, 1.807) is 0 Å². The van der Waals surface area contributed by atoms with Gasteiger partial charge in [0.15, 0.2) is 0 Å². The minimum atomic E-state index is -0.242. The van der Waals surface area contributed by atoms with Crippen LogP contribution in [0.2, 0.25) is 0 Å². The van der Waals surface area contributed by atoms with Gasteiger partial charge in [0, 0.05) is 11.5 Å². The van der Waals surface area contributed by atoms with E-state index in [0.717, 1.165) is 11.1 Å². The number of fused-ring (bicyclic) bond motifs is 3. The van der Waals surface area contributed by atoms with Crippen LogP contribution in [0.25, 0.3) is 0 Å². The lowest BCUT2D eigenvalue weighted by atomic mass is 9.84. The Bertz CT molecular complexity index is 530. The molecule has 0 spiro atoms. The molecule has 0 bridgehead atoms. The SMILES string of the molecule is FC1=CC2N=C(Cl)c3ccccc3C2C=C1. The number of benzene rings is 1. The molecule has 1 aromatic carbocycles. The second-order valence-corrected chi connectivity index (χ2v) is 4.29. The quantitative estimate of drug-likeness (QED) is 0.650. The second-order valence-electron chi connectivity index (χ2n) is 3.93. The number of rotatable bonds is 0. The summed E-state index contributed by atoms with van der Waals surface area (Å²) >= 11 is 6.09. The monoisotopic (exact) mass is 233 g/mol. The second kappa shape index (κ2) is 3.56. The molecule has 2 atom stereocenters. The lowest BCUT2D eigenvalue weighted by Crippen LogP contribution is -2.23. The molecule has 2 aliphatic rings. The molecule has 3 rings (SSSR count). The van der Waals surface area contributed by atoms with Gasteiger partial charge in [0.25, 0.3) is 0 Å². The van der Waals surface area contributed by atoms with Crippen LogP contribution in [0.1, 0.15) is 17.0 Å². The van der Waals surface area contributed by atoms with Gasteiger partial charge in [-0.2, -0.15) is 0 Å². The van der Waals surface area contributed by atoms with E-state index in [1.165, 1.54) is 12.2 Å². The highest BCUT2D eigenvalue weighted by Crippen LogP contribution is 2.36. The molecule has 0 fully saturated rings. The third-order valence-corrected chi connectivity index (χ3v) is 3.27. The van der Waals surface area contributed by atoms with E-state index in [-0.39, 0.29) is 17.8 Å². The van der Waals surface area contributed by atoms with E-state index in [2.05, 4.69) is 4.99 Å². The van der Waals surface area contributed by atoms with Crippen molar-refractivity contribution in [1.82, 2.24) is 0 Å². The van der Waals surface area contributed by atoms with Crippen molar-refractivity contribution in [2.45, 2.75) is 12.0 Å². The van der Waals surface area contributed by atoms with Crippen molar-refractivity contribution >= 4 is 16.8 Å². The van der Waals surface area contributed by atoms with Gasteiger partial charge in [0.2, 0.25) is 0 Å². The van der Waals surface area contributed by atoms with Crippen molar-refractivity contribution in [3.63, 3.8) is 0 Å². The molecule has 1 aliphatic heterocycles. The van der Waals surface area contributed by atoms with Crippen LogP contribution in [0.3, 0.4) is 0 Å². The van der Waals surface area contributed by atoms with E-state index in [1.807, 2.05) is 30.3 Å². The van der Waals surface area contributed by atoms with Crippen LogP contribution in [0.4, 0.5) is 4.39 Å². The topological polar surface area (TPSA) is 12.4 Å². The van der Waals surface area contributed by atoms with Gasteiger partial charge < -0.3 is 0 Å². The predicted molar refractivity (Wildman–Crippen MR) is 63.7 cm³/mol. The number of nitrogens with zero attached hydrogens (tertiary/aromatic N) is 1. The van der Waals surface area contributed by atoms with Gasteiger partial charge in [0.1, 0.15) is 11.0 Å². The summed E-state index contributed by atoms with van der Waals surface area (Å²) in [5, 5.41) is 0.469. The molecule has 0 saturated heterocycles. The van der Waals surface area contributed by atoms with Gasteiger partial charge in [-0.05, 0) is 17.7 Å². The Balaban J connectivity index is 2.17. The molecule has 1 nitrogen and oxygen atoms in total. The van der Waals surface area contributed by atoms with Crippen LogP contribution < -0.4 is 0 Å². The first-order valence-corrected chi connectivity index (χ1v) is 5.51. The zero-order valence-corrected chi connectivity index (χ0v) is 9.16. The summed E-state index contributed by atoms with van der Waals surface area (Å²) in [7, 11) is 0. The molecule has 3 heteroatoms. The van der Waals surface area contributed by atoms with Crippen LogP contribution in [0.15, 0.2) is 53.3 Å². The summed E-state index contributed by atoms with van der Waals surface area (Å²) in [5.41, 5.74) is 2.07. The first-order valence-electron chi connectivity index (χ1n) is 5.14. The number of allylic oxidation sites excluding steroid dienone is 2. The van der Waals surface area contributed by atoms with Crippen LogP contribution in [0.5, 0.6) is 0 Å². The van der Waals surface area contributed by atoms with Gasteiger partial charge in [-0.3, -0.25) is 4.99 Å². The molecule has 1 aliphatic carbocycles. The molecule has 16 heavy (non-hydrogen) atoms. The lowest BCUT2D eigenvalue weighted by Gasteiger charge is -2.28. The smallest absolute Gasteiger partial charge is 0.131 e. The van der Waals surface area contributed by atoms with Crippen molar-refractivity contribution in [2.75, 3.05) is 0 Å². The number of aliphatic imine (C=N–C) groups is 1. The van der Waals surface area contributed by atoms with Gasteiger partial charge in [0.05, 0.1) is 6.04 Å². The van der Waals surface area contributed by atoms with Crippen molar-refractivity contribution in [1.29, 1.82) is 0 Å². The largest absolute Gasteiger partial charge is 0.264 e. The number of halogens is 2. The standard InChI is InChI=1S/C13H9ClFN/c14-13-11-4-2-1-3-9(11)10-6-5-8(15)7-12(10)16-13/h1-7,10,12H. The average Bonchev–Trinajstić information content (AvgIpc) is 2.29. The van der Waals surface area contributed by atoms with Crippen molar-refractivity contribution in [3.8, 4) is 0 Å². The fraction of sp³-hybridized carbons (Fsp3) is 0.154. The maximum absolute atomic E-state index is 13.1. The Morgan fingerprint density at radius 3 is 2.94 bits per heavy atom. The van der Waals surface area contributed by atoms with E-state index >= 15 is 0 Å². The highest BCUT2D eigenvalue weighted by Gasteiger charge is 2.29. The molecule has 80 valence electrons. The zero-order valence-electron chi connectivity index (χ0n) is 8.40. The maximum Gasteiger partial charge on any atom is 0.131 e. The average molecular weight is 234 g/mol. The molecule has 0 amide bonds. The summed E-state index contributed by atoms with van der Waals surface area (Å²) in [6.45, 7) is 0. The number of hydrogen-bond donors (Lipinski definition) is 0. The molecule has 0 aromatic heterocycles. The summed E-state index contributed by atoms with van der Waals surface area (Å²) in [6, 6.07) is 7.66. The highest BCUT2D eigenvalue weighted by atomic mass is 35.5. The fourth-order valence-electron chi connectivity index (χ4n) is 2.21. The van der Waals surface area contributed by atoms with Gasteiger partial charge in [-0.25, -0.2) is 4.39 Å². The Kier molecular flexibility index (Phi) is 2.18. The van der Waals surface area contributed by atoms with Gasteiger partial charge >= 0.3 is 0 Å². The molecular weight excluding hydrogens is 225 g/mol. The third-order valence-electron chi connectivity index (χ3n) is 2.97. The zero-order chi connectivity index (χ0) is 11.1. The molecule has 1 aromatic rings. The summed E-state index contributed by atoms with van der Waals surface area (Å²) < 4.78 is 13.1. The first-order chi connectivity index (χ1) is 7.75. The van der Waals surface area contributed by atoms with Crippen LogP contribution >= 0.6 is 11.6 Å². The highest BCUT2D eigenvalue weighted by molar-refractivity contribution is 6.70. The Labute approximate surface area is 98.0 Å². The van der Waals surface area contributed by atoms with Gasteiger partial charge in [-0.15, -0.1) is 0 Å². The molecule has 0 N–H and O–H groups in total. The van der Waals surface area contributed by atoms with Crippen molar-refractivity contribution < 1.29 is 4.39 Å². The Morgan fingerprint density at radius 2 is 2.06 bits per heavy atom. The predicted octanol–water partition coefficient (Wildman–Crippen LogP) is 3.56. The maximum atomic E-state index is 13.1. The molecular formula is C13H9ClFN.